The molecular weight excluding hydrogens is 178 g/mol. The summed E-state index contributed by atoms with van der Waals surface area (Å²) in [5, 5.41) is 2.83. The largest absolute Gasteiger partial charge is 0.345 e. The van der Waals surface area contributed by atoms with Crippen LogP contribution in [0.3, 0.4) is 0 Å². The number of Topliss-reactive ketones (excluding diaryl/α,β-unsaturated/α-hetero) is 1. The SMILES string of the molecule is CNCC(=O)c1ccc2nc[nH]c2c1. The van der Waals surface area contributed by atoms with Gasteiger partial charge in [-0.05, 0) is 25.2 Å². The lowest BCUT2D eigenvalue weighted by atomic mass is 10.1. The highest BCUT2D eigenvalue weighted by Crippen LogP contribution is 2.11. The Kier molecular flexibility index (Phi) is 2.28. The monoisotopic (exact) mass is 189 g/mol. The van der Waals surface area contributed by atoms with Crippen molar-refractivity contribution in [2.24, 2.45) is 0 Å². The van der Waals surface area contributed by atoms with Gasteiger partial charge < -0.3 is 10.3 Å². The second kappa shape index (κ2) is 3.59. The number of nitrogens with one attached hydrogen (secondary N) is 2. The number of fused-ring (bicyclic) bond motifs is 1. The molecule has 0 aliphatic rings. The minimum atomic E-state index is 0.0870. The van der Waals surface area contributed by atoms with Gasteiger partial charge >= 0.3 is 0 Å². The number of benzene rings is 1. The molecule has 0 aliphatic carbocycles. The van der Waals surface area contributed by atoms with Gasteiger partial charge in [-0.25, -0.2) is 4.98 Å². The average molecular weight is 189 g/mol. The molecule has 2 aromatic rings. The van der Waals surface area contributed by atoms with Crippen molar-refractivity contribution in [3.63, 3.8) is 0 Å². The molecule has 72 valence electrons. The lowest BCUT2D eigenvalue weighted by Gasteiger charge is -1.99. The number of carbonyl (C=O) groups is 1. The smallest absolute Gasteiger partial charge is 0.176 e. The van der Waals surface area contributed by atoms with Gasteiger partial charge in [0, 0.05) is 5.56 Å². The van der Waals surface area contributed by atoms with Crippen LogP contribution in [0, 0.1) is 0 Å². The van der Waals surface area contributed by atoms with Crippen LogP contribution in [0.2, 0.25) is 0 Å². The number of imidazole rings is 1. The van der Waals surface area contributed by atoms with Crippen molar-refractivity contribution in [2.45, 2.75) is 0 Å². The highest BCUT2D eigenvalue weighted by atomic mass is 16.1. The third kappa shape index (κ3) is 1.52. The molecule has 0 unspecified atom stereocenters. The molecule has 0 radical (unpaired) electrons. The Morgan fingerprint density at radius 2 is 2.43 bits per heavy atom. The van der Waals surface area contributed by atoms with Crippen LogP contribution in [0.15, 0.2) is 24.5 Å². The number of nitrogens with zero attached hydrogens (tertiary/aromatic N) is 1. The minimum absolute atomic E-state index is 0.0870. The van der Waals surface area contributed by atoms with Crippen molar-refractivity contribution >= 4 is 16.8 Å². The highest BCUT2D eigenvalue weighted by Gasteiger charge is 2.05. The van der Waals surface area contributed by atoms with E-state index in [1.807, 2.05) is 12.1 Å². The summed E-state index contributed by atoms with van der Waals surface area (Å²) in [7, 11) is 1.76. The molecule has 0 amide bonds. The second-order valence-electron chi connectivity index (χ2n) is 3.09. The molecule has 2 rings (SSSR count). The molecule has 0 spiro atoms. The summed E-state index contributed by atoms with van der Waals surface area (Å²) >= 11 is 0. The normalized spacial score (nSPS) is 10.6. The van der Waals surface area contributed by atoms with E-state index < -0.39 is 0 Å². The van der Waals surface area contributed by atoms with Crippen LogP contribution in [-0.4, -0.2) is 29.3 Å². The van der Waals surface area contributed by atoms with E-state index in [9.17, 15) is 4.79 Å². The molecule has 0 fully saturated rings. The Bertz CT molecular complexity index is 461. The van der Waals surface area contributed by atoms with Crippen LogP contribution >= 0.6 is 0 Å². The van der Waals surface area contributed by atoms with Gasteiger partial charge in [0.15, 0.2) is 5.78 Å². The molecule has 0 bridgehead atoms. The maximum atomic E-state index is 11.5. The van der Waals surface area contributed by atoms with Crippen LogP contribution in [-0.2, 0) is 0 Å². The predicted octanol–water partition coefficient (Wildman–Crippen LogP) is 0.965. The summed E-state index contributed by atoms with van der Waals surface area (Å²) in [6, 6.07) is 5.46. The van der Waals surface area contributed by atoms with Gasteiger partial charge in [-0.3, -0.25) is 4.79 Å². The first-order valence-electron chi connectivity index (χ1n) is 4.42. The number of hydrogen-bond donors (Lipinski definition) is 2. The Morgan fingerprint density at radius 1 is 1.57 bits per heavy atom. The molecule has 2 N–H and O–H groups in total. The van der Waals surface area contributed by atoms with E-state index in [-0.39, 0.29) is 5.78 Å². The highest BCUT2D eigenvalue weighted by molar-refractivity contribution is 6.00. The number of likely N-dealkylation sites (N-methyl/N-ethyl adjacent to an activating group) is 1. The van der Waals surface area contributed by atoms with Crippen molar-refractivity contribution < 1.29 is 4.79 Å². The van der Waals surface area contributed by atoms with Gasteiger partial charge in [-0.2, -0.15) is 0 Å². The number of rotatable bonds is 3. The molecule has 0 saturated carbocycles. The van der Waals surface area contributed by atoms with E-state index in [1.54, 1.807) is 19.4 Å². The molecule has 0 saturated heterocycles. The second-order valence-corrected chi connectivity index (χ2v) is 3.09. The van der Waals surface area contributed by atoms with Crippen LogP contribution in [0.4, 0.5) is 0 Å². The van der Waals surface area contributed by atoms with Gasteiger partial charge in [-0.15, -0.1) is 0 Å². The number of ketones is 1. The maximum Gasteiger partial charge on any atom is 0.176 e. The summed E-state index contributed by atoms with van der Waals surface area (Å²) in [6.45, 7) is 0.361. The fourth-order valence-electron chi connectivity index (χ4n) is 1.37. The Hall–Kier alpha value is -1.68. The maximum absolute atomic E-state index is 11.5. The van der Waals surface area contributed by atoms with Gasteiger partial charge in [-0.1, -0.05) is 0 Å². The summed E-state index contributed by atoms with van der Waals surface area (Å²) in [5.74, 6) is 0.0870. The first-order chi connectivity index (χ1) is 6.81. The van der Waals surface area contributed by atoms with Gasteiger partial charge in [0.2, 0.25) is 0 Å². The van der Waals surface area contributed by atoms with E-state index >= 15 is 0 Å². The molecular formula is C10H11N3O. The van der Waals surface area contributed by atoms with Crippen molar-refractivity contribution in [1.29, 1.82) is 0 Å². The van der Waals surface area contributed by atoms with Crippen LogP contribution < -0.4 is 5.32 Å². The zero-order chi connectivity index (χ0) is 9.97. The summed E-state index contributed by atoms with van der Waals surface area (Å²) < 4.78 is 0. The number of aromatic nitrogens is 2. The first kappa shape index (κ1) is 8.90. The standard InChI is InChI=1S/C10H11N3O/c1-11-5-10(14)7-2-3-8-9(4-7)13-6-12-8/h2-4,6,11H,5H2,1H3,(H,12,13). The van der Waals surface area contributed by atoms with Crippen molar-refractivity contribution in [3.8, 4) is 0 Å². The third-order valence-electron chi connectivity index (χ3n) is 2.08. The predicted molar refractivity (Wildman–Crippen MR) is 54.4 cm³/mol. The first-order valence-corrected chi connectivity index (χ1v) is 4.42. The lowest BCUT2D eigenvalue weighted by molar-refractivity contribution is 0.0993. The molecule has 1 aromatic carbocycles. The Balaban J connectivity index is 2.38. The molecule has 0 atom stereocenters. The van der Waals surface area contributed by atoms with Crippen LogP contribution in [0.25, 0.3) is 11.0 Å². The topological polar surface area (TPSA) is 57.8 Å². The van der Waals surface area contributed by atoms with E-state index in [0.29, 0.717) is 12.1 Å². The van der Waals surface area contributed by atoms with E-state index in [0.717, 1.165) is 11.0 Å². The number of H-pyrrole nitrogens is 1. The van der Waals surface area contributed by atoms with Gasteiger partial charge in [0.1, 0.15) is 0 Å². The molecule has 14 heavy (non-hydrogen) atoms. The molecule has 0 aliphatic heterocycles. The number of aromatic amines is 1. The van der Waals surface area contributed by atoms with Crippen molar-refractivity contribution in [2.75, 3.05) is 13.6 Å². The molecule has 4 heteroatoms. The van der Waals surface area contributed by atoms with Crippen LogP contribution in [0.1, 0.15) is 10.4 Å². The number of carbonyl (C=O) groups excluding carboxylic acids is 1. The Labute approximate surface area is 81.3 Å². The molecule has 4 nitrogen and oxygen atoms in total. The van der Waals surface area contributed by atoms with E-state index in [1.165, 1.54) is 0 Å². The number of hydrogen-bond acceptors (Lipinski definition) is 3. The van der Waals surface area contributed by atoms with Crippen molar-refractivity contribution in [3.05, 3.63) is 30.1 Å². The van der Waals surface area contributed by atoms with E-state index in [2.05, 4.69) is 15.3 Å². The molecule has 1 aromatic heterocycles. The van der Waals surface area contributed by atoms with Gasteiger partial charge in [0.25, 0.3) is 0 Å². The van der Waals surface area contributed by atoms with E-state index in [4.69, 9.17) is 0 Å². The fourth-order valence-corrected chi connectivity index (χ4v) is 1.37. The lowest BCUT2D eigenvalue weighted by Crippen LogP contribution is -2.18. The third-order valence-corrected chi connectivity index (χ3v) is 2.08. The molecule has 1 heterocycles. The van der Waals surface area contributed by atoms with Gasteiger partial charge in [0.05, 0.1) is 23.9 Å². The fraction of sp³-hybridized carbons (Fsp3) is 0.200. The zero-order valence-corrected chi connectivity index (χ0v) is 7.87. The average Bonchev–Trinajstić information content (AvgIpc) is 2.64. The summed E-state index contributed by atoms with van der Waals surface area (Å²) in [5.41, 5.74) is 2.48. The summed E-state index contributed by atoms with van der Waals surface area (Å²) in [6.07, 6.45) is 1.62. The quantitative estimate of drug-likeness (QED) is 0.707. The van der Waals surface area contributed by atoms with Crippen molar-refractivity contribution in [1.82, 2.24) is 15.3 Å². The summed E-state index contributed by atoms with van der Waals surface area (Å²) in [4.78, 5) is 18.6. The zero-order valence-electron chi connectivity index (χ0n) is 7.87. The Morgan fingerprint density at radius 3 is 3.21 bits per heavy atom. The van der Waals surface area contributed by atoms with Crippen LogP contribution in [0.5, 0.6) is 0 Å². The minimum Gasteiger partial charge on any atom is -0.345 e.